The van der Waals surface area contributed by atoms with Crippen molar-refractivity contribution in [1.29, 1.82) is 0 Å². The molecule has 0 bridgehead atoms. The number of hydrogen-bond donors (Lipinski definition) is 2. The number of guanidine groups is 1. The summed E-state index contributed by atoms with van der Waals surface area (Å²) in [5, 5.41) is 6.88. The fourth-order valence-corrected chi connectivity index (χ4v) is 3.94. The molecule has 0 saturated carbocycles. The number of hydrogen-bond acceptors (Lipinski definition) is 4. The van der Waals surface area contributed by atoms with Crippen molar-refractivity contribution in [3.05, 3.63) is 0 Å². The van der Waals surface area contributed by atoms with E-state index in [9.17, 15) is 0 Å². The Morgan fingerprint density at radius 1 is 1.15 bits per heavy atom. The third-order valence-corrected chi connectivity index (χ3v) is 5.11. The van der Waals surface area contributed by atoms with Gasteiger partial charge in [-0.15, -0.1) is 24.0 Å². The molecule has 7 heteroatoms. The highest BCUT2D eigenvalue weighted by Crippen LogP contribution is 2.16. The first-order valence-corrected chi connectivity index (χ1v) is 10.7. The highest BCUT2D eigenvalue weighted by Gasteiger charge is 2.22. The van der Waals surface area contributed by atoms with Gasteiger partial charge in [0.1, 0.15) is 0 Å². The van der Waals surface area contributed by atoms with Gasteiger partial charge in [-0.2, -0.15) is 0 Å². The fraction of sp³-hybridized carbons (Fsp3) is 0.950. The SMILES string of the molecule is CCCN1CCC(CN=C(NCC)NCC2CN(CC(C)C)CCO2)C1.I. The zero-order chi connectivity index (χ0) is 18.8. The van der Waals surface area contributed by atoms with Gasteiger partial charge in [-0.05, 0) is 44.7 Å². The minimum atomic E-state index is 0. The molecule has 2 unspecified atom stereocenters. The molecule has 0 aliphatic carbocycles. The van der Waals surface area contributed by atoms with Crippen LogP contribution in [0.15, 0.2) is 4.99 Å². The molecule has 2 heterocycles. The predicted octanol–water partition coefficient (Wildman–Crippen LogP) is 2.25. The number of morpholine rings is 1. The second kappa shape index (κ2) is 14.0. The van der Waals surface area contributed by atoms with Gasteiger partial charge in [0.25, 0.3) is 0 Å². The van der Waals surface area contributed by atoms with Gasteiger partial charge in [0.2, 0.25) is 0 Å². The Hall–Kier alpha value is -0.120. The second-order valence-electron chi connectivity index (χ2n) is 8.20. The molecule has 0 spiro atoms. The Morgan fingerprint density at radius 3 is 2.67 bits per heavy atom. The number of nitrogens with one attached hydrogen (secondary N) is 2. The smallest absolute Gasteiger partial charge is 0.191 e. The summed E-state index contributed by atoms with van der Waals surface area (Å²) >= 11 is 0. The Morgan fingerprint density at radius 2 is 1.96 bits per heavy atom. The Balaban J connectivity index is 0.00000364. The lowest BCUT2D eigenvalue weighted by Crippen LogP contribution is -2.50. The standard InChI is InChI=1S/C20H41N5O.HI/c1-5-8-24-9-7-18(15-24)12-22-20(21-6-2)23-13-19-16-25(10-11-26-19)14-17(3)4;/h17-19H,5-16H2,1-4H3,(H2,21,22,23);1H. The van der Waals surface area contributed by atoms with Crippen LogP contribution in [0.2, 0.25) is 0 Å². The van der Waals surface area contributed by atoms with Crippen LogP contribution in [-0.4, -0.2) is 87.4 Å². The Labute approximate surface area is 183 Å². The van der Waals surface area contributed by atoms with Gasteiger partial charge < -0.3 is 20.3 Å². The van der Waals surface area contributed by atoms with Crippen molar-refractivity contribution in [3.8, 4) is 0 Å². The molecule has 2 rings (SSSR count). The van der Waals surface area contributed by atoms with Crippen LogP contribution < -0.4 is 10.6 Å². The van der Waals surface area contributed by atoms with E-state index in [0.717, 1.165) is 51.8 Å². The van der Waals surface area contributed by atoms with Crippen LogP contribution in [0.3, 0.4) is 0 Å². The first kappa shape index (κ1) is 24.9. The molecule has 0 aromatic carbocycles. The first-order chi connectivity index (χ1) is 12.6. The van der Waals surface area contributed by atoms with Crippen molar-refractivity contribution >= 4 is 29.9 Å². The third kappa shape index (κ3) is 9.76. The second-order valence-corrected chi connectivity index (χ2v) is 8.20. The number of likely N-dealkylation sites (tertiary alicyclic amines) is 1. The summed E-state index contributed by atoms with van der Waals surface area (Å²) in [6, 6.07) is 0. The van der Waals surface area contributed by atoms with Crippen molar-refractivity contribution in [1.82, 2.24) is 20.4 Å². The van der Waals surface area contributed by atoms with E-state index in [2.05, 4.69) is 48.1 Å². The predicted molar refractivity (Wildman–Crippen MR) is 125 cm³/mol. The topological polar surface area (TPSA) is 52.1 Å². The number of aliphatic imine (C=N–C) groups is 1. The van der Waals surface area contributed by atoms with Gasteiger partial charge in [0, 0.05) is 45.8 Å². The van der Waals surface area contributed by atoms with Gasteiger partial charge in [0.15, 0.2) is 5.96 Å². The molecule has 0 amide bonds. The summed E-state index contributed by atoms with van der Waals surface area (Å²) in [6.07, 6.45) is 2.77. The average Bonchev–Trinajstić information content (AvgIpc) is 3.05. The summed E-state index contributed by atoms with van der Waals surface area (Å²) in [5.41, 5.74) is 0. The minimum Gasteiger partial charge on any atom is -0.374 e. The Kier molecular flexibility index (Phi) is 12.9. The largest absolute Gasteiger partial charge is 0.374 e. The van der Waals surface area contributed by atoms with Gasteiger partial charge in [-0.3, -0.25) is 9.89 Å². The van der Waals surface area contributed by atoms with Gasteiger partial charge >= 0.3 is 0 Å². The Bertz CT molecular complexity index is 421. The van der Waals surface area contributed by atoms with Gasteiger partial charge in [-0.25, -0.2) is 0 Å². The van der Waals surface area contributed by atoms with Crippen molar-refractivity contribution in [2.75, 3.05) is 65.5 Å². The van der Waals surface area contributed by atoms with Gasteiger partial charge in [0.05, 0.1) is 12.7 Å². The summed E-state index contributed by atoms with van der Waals surface area (Å²) < 4.78 is 5.94. The van der Waals surface area contributed by atoms with Crippen LogP contribution in [0.4, 0.5) is 0 Å². The van der Waals surface area contributed by atoms with Crippen molar-refractivity contribution in [3.63, 3.8) is 0 Å². The van der Waals surface area contributed by atoms with E-state index in [4.69, 9.17) is 9.73 Å². The zero-order valence-corrected chi connectivity index (χ0v) is 20.2. The van der Waals surface area contributed by atoms with E-state index in [1.807, 2.05) is 0 Å². The quantitative estimate of drug-likeness (QED) is 0.292. The van der Waals surface area contributed by atoms with E-state index in [1.165, 1.54) is 32.5 Å². The number of rotatable bonds is 9. The van der Waals surface area contributed by atoms with Crippen molar-refractivity contribution < 1.29 is 4.74 Å². The van der Waals surface area contributed by atoms with Gasteiger partial charge in [-0.1, -0.05) is 20.8 Å². The normalized spacial score (nSPS) is 24.9. The molecule has 27 heavy (non-hydrogen) atoms. The fourth-order valence-electron chi connectivity index (χ4n) is 3.94. The molecular formula is C20H42IN5O. The molecule has 0 radical (unpaired) electrons. The molecule has 160 valence electrons. The molecule has 6 nitrogen and oxygen atoms in total. The maximum absolute atomic E-state index is 5.94. The van der Waals surface area contributed by atoms with Crippen LogP contribution in [0.5, 0.6) is 0 Å². The van der Waals surface area contributed by atoms with Crippen LogP contribution in [0.1, 0.15) is 40.5 Å². The van der Waals surface area contributed by atoms with Crippen LogP contribution >= 0.6 is 24.0 Å². The third-order valence-electron chi connectivity index (χ3n) is 5.11. The van der Waals surface area contributed by atoms with E-state index in [0.29, 0.717) is 11.8 Å². The van der Waals surface area contributed by atoms with E-state index in [1.54, 1.807) is 0 Å². The lowest BCUT2D eigenvalue weighted by atomic mass is 10.1. The number of nitrogens with zero attached hydrogens (tertiary/aromatic N) is 3. The minimum absolute atomic E-state index is 0. The zero-order valence-electron chi connectivity index (χ0n) is 17.9. The highest BCUT2D eigenvalue weighted by atomic mass is 127. The molecular weight excluding hydrogens is 453 g/mol. The summed E-state index contributed by atoms with van der Waals surface area (Å²) in [6.45, 7) is 19.3. The molecule has 2 aliphatic rings. The maximum atomic E-state index is 5.94. The lowest BCUT2D eigenvalue weighted by molar-refractivity contribution is -0.0284. The molecule has 2 fully saturated rings. The highest BCUT2D eigenvalue weighted by molar-refractivity contribution is 14.0. The van der Waals surface area contributed by atoms with Crippen LogP contribution in [0.25, 0.3) is 0 Å². The van der Waals surface area contributed by atoms with E-state index in [-0.39, 0.29) is 30.1 Å². The maximum Gasteiger partial charge on any atom is 0.191 e. The summed E-state index contributed by atoms with van der Waals surface area (Å²) in [5.74, 6) is 2.34. The van der Waals surface area contributed by atoms with Crippen molar-refractivity contribution in [2.45, 2.75) is 46.6 Å². The van der Waals surface area contributed by atoms with Crippen molar-refractivity contribution in [2.24, 2.45) is 16.8 Å². The monoisotopic (exact) mass is 495 g/mol. The molecule has 2 N–H and O–H groups in total. The summed E-state index contributed by atoms with van der Waals surface area (Å²) in [7, 11) is 0. The van der Waals surface area contributed by atoms with E-state index < -0.39 is 0 Å². The van der Waals surface area contributed by atoms with Crippen LogP contribution in [0, 0.1) is 11.8 Å². The average molecular weight is 495 g/mol. The van der Waals surface area contributed by atoms with E-state index >= 15 is 0 Å². The molecule has 0 aromatic rings. The number of halogens is 1. The molecule has 2 aliphatic heterocycles. The summed E-state index contributed by atoms with van der Waals surface area (Å²) in [4.78, 5) is 9.93. The molecule has 0 aromatic heterocycles. The molecule has 2 saturated heterocycles. The molecule has 2 atom stereocenters. The van der Waals surface area contributed by atoms with Crippen LogP contribution in [-0.2, 0) is 4.74 Å². The lowest BCUT2D eigenvalue weighted by Gasteiger charge is -2.34. The first-order valence-electron chi connectivity index (χ1n) is 10.7. The number of ether oxygens (including phenoxy) is 1.